The Hall–Kier alpha value is -0.170. The minimum atomic E-state index is -3.25. The van der Waals surface area contributed by atoms with E-state index in [4.69, 9.17) is 0 Å². The van der Waals surface area contributed by atoms with Crippen molar-refractivity contribution in [2.24, 2.45) is 0 Å². The van der Waals surface area contributed by atoms with Crippen molar-refractivity contribution in [1.82, 2.24) is 14.3 Å². The molecule has 14 heavy (non-hydrogen) atoms. The lowest BCUT2D eigenvalue weighted by molar-refractivity contribution is 0.405. The molecule has 0 aromatic heterocycles. The van der Waals surface area contributed by atoms with Gasteiger partial charge in [0.15, 0.2) is 0 Å². The number of nitrogens with zero attached hydrogens (tertiary/aromatic N) is 1. The Bertz CT molecular complexity index is 260. The second-order valence-corrected chi connectivity index (χ2v) is 5.37. The zero-order chi connectivity index (χ0) is 10.6. The van der Waals surface area contributed by atoms with Crippen molar-refractivity contribution in [3.63, 3.8) is 0 Å². The third-order valence-corrected chi connectivity index (χ3v) is 4.22. The van der Waals surface area contributed by atoms with Gasteiger partial charge in [-0.1, -0.05) is 6.92 Å². The fraction of sp³-hybridized carbons (Fsp3) is 1.00. The summed E-state index contributed by atoms with van der Waals surface area (Å²) < 4.78 is 27.3. The molecule has 0 spiro atoms. The molecule has 0 unspecified atom stereocenters. The quantitative estimate of drug-likeness (QED) is 0.674. The topological polar surface area (TPSA) is 61.4 Å². The smallest absolute Gasteiger partial charge is 0.279 e. The Morgan fingerprint density at radius 1 is 1.43 bits per heavy atom. The summed E-state index contributed by atoms with van der Waals surface area (Å²) in [6.45, 7) is 4.11. The number of rotatable bonds is 4. The Morgan fingerprint density at radius 2 is 2.00 bits per heavy atom. The highest BCUT2D eigenvalue weighted by atomic mass is 32.2. The molecule has 2 N–H and O–H groups in total. The van der Waals surface area contributed by atoms with E-state index in [0.717, 1.165) is 25.9 Å². The minimum absolute atomic E-state index is 0.0928. The van der Waals surface area contributed by atoms with Crippen LogP contribution < -0.4 is 10.0 Å². The van der Waals surface area contributed by atoms with Gasteiger partial charge in [0.2, 0.25) is 0 Å². The molecule has 0 aromatic carbocycles. The summed E-state index contributed by atoms with van der Waals surface area (Å²) in [5.74, 6) is 0. The van der Waals surface area contributed by atoms with E-state index in [1.807, 2.05) is 6.92 Å². The Kier molecular flexibility index (Phi) is 4.31. The Labute approximate surface area is 86.0 Å². The highest BCUT2D eigenvalue weighted by Crippen LogP contribution is 2.05. The van der Waals surface area contributed by atoms with Gasteiger partial charge in [-0.05, 0) is 25.9 Å². The zero-order valence-electron chi connectivity index (χ0n) is 8.78. The van der Waals surface area contributed by atoms with Crippen molar-refractivity contribution in [2.75, 3.05) is 26.7 Å². The molecular formula is C8H19N3O2S. The van der Waals surface area contributed by atoms with Gasteiger partial charge in [-0.3, -0.25) is 0 Å². The maximum Gasteiger partial charge on any atom is 0.279 e. The number of nitrogens with one attached hydrogen (secondary N) is 2. The summed E-state index contributed by atoms with van der Waals surface area (Å²) in [5.41, 5.74) is 0. The van der Waals surface area contributed by atoms with Gasteiger partial charge < -0.3 is 5.32 Å². The molecule has 0 atom stereocenters. The molecule has 1 heterocycles. The number of hydrogen-bond acceptors (Lipinski definition) is 3. The molecule has 1 fully saturated rings. The van der Waals surface area contributed by atoms with Crippen LogP contribution in [0.5, 0.6) is 0 Å². The first-order valence-corrected chi connectivity index (χ1v) is 6.44. The predicted octanol–water partition coefficient (Wildman–Crippen LogP) is -0.475. The summed E-state index contributed by atoms with van der Waals surface area (Å²) in [6, 6.07) is 0.0928. The van der Waals surface area contributed by atoms with Crippen molar-refractivity contribution in [2.45, 2.75) is 25.8 Å². The molecule has 1 rings (SSSR count). The molecule has 1 aliphatic rings. The molecule has 0 aromatic rings. The summed E-state index contributed by atoms with van der Waals surface area (Å²) in [6.07, 6.45) is 1.74. The fourth-order valence-electron chi connectivity index (χ4n) is 1.41. The Morgan fingerprint density at radius 3 is 2.50 bits per heavy atom. The first-order chi connectivity index (χ1) is 6.56. The van der Waals surface area contributed by atoms with Crippen molar-refractivity contribution < 1.29 is 8.42 Å². The van der Waals surface area contributed by atoms with E-state index in [1.165, 1.54) is 4.31 Å². The minimum Gasteiger partial charge on any atom is -0.317 e. The number of hydrogen-bond donors (Lipinski definition) is 2. The van der Waals surface area contributed by atoms with Crippen LogP contribution in [0.15, 0.2) is 0 Å². The SMILES string of the molecule is CCN(C)S(=O)(=O)NC1CCNCC1. The summed E-state index contributed by atoms with van der Waals surface area (Å²) >= 11 is 0. The molecule has 5 nitrogen and oxygen atoms in total. The van der Waals surface area contributed by atoms with E-state index in [-0.39, 0.29) is 6.04 Å². The second-order valence-electron chi connectivity index (χ2n) is 3.56. The molecule has 1 aliphatic heterocycles. The molecule has 1 saturated heterocycles. The summed E-state index contributed by atoms with van der Waals surface area (Å²) in [7, 11) is -1.67. The maximum absolute atomic E-state index is 11.6. The van der Waals surface area contributed by atoms with Gasteiger partial charge >= 0.3 is 0 Å². The van der Waals surface area contributed by atoms with Crippen LogP contribution in [-0.4, -0.2) is 45.4 Å². The van der Waals surface area contributed by atoms with Crippen LogP contribution in [0, 0.1) is 0 Å². The fourth-order valence-corrected chi connectivity index (χ4v) is 2.59. The first kappa shape index (κ1) is 11.9. The average Bonchev–Trinajstić information content (AvgIpc) is 2.17. The lowest BCUT2D eigenvalue weighted by Gasteiger charge is -2.25. The van der Waals surface area contributed by atoms with Gasteiger partial charge in [0.1, 0.15) is 0 Å². The first-order valence-electron chi connectivity index (χ1n) is 5.00. The molecule has 0 saturated carbocycles. The molecule has 84 valence electrons. The molecule has 0 aliphatic carbocycles. The van der Waals surface area contributed by atoms with Gasteiger partial charge in [0.25, 0.3) is 10.2 Å². The highest BCUT2D eigenvalue weighted by Gasteiger charge is 2.22. The monoisotopic (exact) mass is 221 g/mol. The van der Waals surface area contributed by atoms with Gasteiger partial charge in [0, 0.05) is 19.6 Å². The van der Waals surface area contributed by atoms with Crippen LogP contribution in [0.2, 0.25) is 0 Å². The van der Waals surface area contributed by atoms with Crippen molar-refractivity contribution in [3.05, 3.63) is 0 Å². The lowest BCUT2D eigenvalue weighted by Crippen LogP contribution is -2.47. The maximum atomic E-state index is 11.6. The molecule has 0 amide bonds. The van der Waals surface area contributed by atoms with E-state index in [0.29, 0.717) is 6.54 Å². The standard InChI is InChI=1S/C8H19N3O2S/c1-3-11(2)14(12,13)10-8-4-6-9-7-5-8/h8-10H,3-7H2,1-2H3. The van der Waals surface area contributed by atoms with E-state index >= 15 is 0 Å². The zero-order valence-corrected chi connectivity index (χ0v) is 9.60. The average molecular weight is 221 g/mol. The van der Waals surface area contributed by atoms with Crippen LogP contribution in [0.1, 0.15) is 19.8 Å². The van der Waals surface area contributed by atoms with Crippen molar-refractivity contribution in [1.29, 1.82) is 0 Å². The third kappa shape index (κ3) is 3.20. The molecular weight excluding hydrogens is 202 g/mol. The van der Waals surface area contributed by atoms with E-state index in [1.54, 1.807) is 7.05 Å². The molecule has 6 heteroatoms. The van der Waals surface area contributed by atoms with E-state index in [9.17, 15) is 8.42 Å². The third-order valence-electron chi connectivity index (χ3n) is 2.51. The molecule has 0 bridgehead atoms. The largest absolute Gasteiger partial charge is 0.317 e. The second kappa shape index (κ2) is 5.06. The summed E-state index contributed by atoms with van der Waals surface area (Å²) in [5, 5.41) is 3.20. The predicted molar refractivity (Wildman–Crippen MR) is 56.3 cm³/mol. The van der Waals surface area contributed by atoms with Crippen LogP contribution in [0.25, 0.3) is 0 Å². The normalized spacial score (nSPS) is 20.2. The van der Waals surface area contributed by atoms with Crippen LogP contribution in [0.4, 0.5) is 0 Å². The lowest BCUT2D eigenvalue weighted by atomic mass is 10.1. The van der Waals surface area contributed by atoms with E-state index in [2.05, 4.69) is 10.0 Å². The van der Waals surface area contributed by atoms with E-state index < -0.39 is 10.2 Å². The summed E-state index contributed by atoms with van der Waals surface area (Å²) in [4.78, 5) is 0. The van der Waals surface area contributed by atoms with Crippen LogP contribution >= 0.6 is 0 Å². The van der Waals surface area contributed by atoms with Gasteiger partial charge in [0.05, 0.1) is 0 Å². The highest BCUT2D eigenvalue weighted by molar-refractivity contribution is 7.87. The number of piperidine rings is 1. The van der Waals surface area contributed by atoms with Gasteiger partial charge in [-0.25, -0.2) is 0 Å². The van der Waals surface area contributed by atoms with Crippen molar-refractivity contribution >= 4 is 10.2 Å². The van der Waals surface area contributed by atoms with Gasteiger partial charge in [-0.2, -0.15) is 17.4 Å². The van der Waals surface area contributed by atoms with Crippen molar-refractivity contribution in [3.8, 4) is 0 Å². The Balaban J connectivity index is 2.49. The van der Waals surface area contributed by atoms with Crippen LogP contribution in [-0.2, 0) is 10.2 Å². The van der Waals surface area contributed by atoms with Crippen LogP contribution in [0.3, 0.4) is 0 Å². The molecule has 0 radical (unpaired) electrons. The van der Waals surface area contributed by atoms with Gasteiger partial charge in [-0.15, -0.1) is 0 Å².